The molecule has 0 amide bonds. The molecule has 0 spiro atoms. The Balaban J connectivity index is 2.76. The molecule has 0 aliphatic rings. The van der Waals surface area contributed by atoms with Crippen LogP contribution in [-0.2, 0) is 13.0 Å². The molecule has 0 unspecified atom stereocenters. The summed E-state index contributed by atoms with van der Waals surface area (Å²) in [5, 5.41) is 20.1. The number of nitriles is 1. The van der Waals surface area contributed by atoms with Crippen LogP contribution in [0.1, 0.15) is 11.1 Å². The van der Waals surface area contributed by atoms with Crippen LogP contribution in [0.3, 0.4) is 0 Å². The van der Waals surface area contributed by atoms with Gasteiger partial charge in [-0.25, -0.2) is 0 Å². The van der Waals surface area contributed by atoms with Gasteiger partial charge in [0.25, 0.3) is 0 Å². The first-order valence-electron chi connectivity index (χ1n) is 4.84. The first-order chi connectivity index (χ1) is 7.36. The number of fused-ring (bicyclic) bond motifs is 1. The van der Waals surface area contributed by atoms with Crippen molar-refractivity contribution in [2.24, 2.45) is 0 Å². The summed E-state index contributed by atoms with van der Waals surface area (Å²) in [6.07, 6.45) is 0.383. The zero-order chi connectivity index (χ0) is 10.7. The molecule has 0 aliphatic heterocycles. The highest BCUT2D eigenvalue weighted by atomic mass is 16.3. The van der Waals surface area contributed by atoms with Crippen LogP contribution < -0.4 is 0 Å². The van der Waals surface area contributed by atoms with Gasteiger partial charge in [0.1, 0.15) is 0 Å². The summed E-state index contributed by atoms with van der Waals surface area (Å²) in [5.41, 5.74) is 1.87. The van der Waals surface area contributed by atoms with Crippen molar-refractivity contribution in [3.8, 4) is 6.07 Å². The van der Waals surface area contributed by atoms with Crippen molar-refractivity contribution < 1.29 is 5.11 Å². The average Bonchev–Trinajstić information content (AvgIpc) is 2.29. The Morgan fingerprint density at radius 3 is 2.33 bits per heavy atom. The second kappa shape index (κ2) is 4.12. The lowest BCUT2D eigenvalue weighted by Gasteiger charge is -2.07. The molecule has 2 rings (SSSR count). The van der Waals surface area contributed by atoms with E-state index in [1.807, 2.05) is 36.4 Å². The number of aliphatic hydroxyl groups excluding tert-OH is 1. The monoisotopic (exact) mass is 197 g/mol. The van der Waals surface area contributed by atoms with Gasteiger partial charge in [0.15, 0.2) is 0 Å². The van der Waals surface area contributed by atoms with E-state index in [1.54, 1.807) is 0 Å². The minimum atomic E-state index is 0.0137. The van der Waals surface area contributed by atoms with Crippen LogP contribution in [-0.4, -0.2) is 5.11 Å². The number of benzene rings is 2. The molecule has 0 aromatic heterocycles. The predicted molar refractivity (Wildman–Crippen MR) is 59.2 cm³/mol. The topological polar surface area (TPSA) is 44.0 Å². The van der Waals surface area contributed by atoms with Crippen molar-refractivity contribution >= 4 is 10.8 Å². The summed E-state index contributed by atoms with van der Waals surface area (Å²) in [7, 11) is 0. The zero-order valence-electron chi connectivity index (χ0n) is 8.27. The van der Waals surface area contributed by atoms with Gasteiger partial charge >= 0.3 is 0 Å². The van der Waals surface area contributed by atoms with Gasteiger partial charge in [-0.15, -0.1) is 0 Å². The highest BCUT2D eigenvalue weighted by molar-refractivity contribution is 5.89. The highest BCUT2D eigenvalue weighted by Crippen LogP contribution is 2.23. The molecule has 0 aliphatic carbocycles. The molecule has 2 aromatic carbocycles. The van der Waals surface area contributed by atoms with Crippen LogP contribution in [0.4, 0.5) is 0 Å². The molecule has 0 saturated carbocycles. The summed E-state index contributed by atoms with van der Waals surface area (Å²) in [6.45, 7) is 0.0137. The maximum atomic E-state index is 9.25. The molecule has 0 atom stereocenters. The number of hydrogen-bond acceptors (Lipinski definition) is 2. The van der Waals surface area contributed by atoms with Crippen LogP contribution in [0.25, 0.3) is 10.8 Å². The zero-order valence-corrected chi connectivity index (χ0v) is 8.27. The lowest BCUT2D eigenvalue weighted by atomic mass is 9.98. The quantitative estimate of drug-likeness (QED) is 0.803. The smallest absolute Gasteiger partial charge is 0.0687 e. The van der Waals surface area contributed by atoms with Crippen molar-refractivity contribution in [1.82, 2.24) is 0 Å². The van der Waals surface area contributed by atoms with Gasteiger partial charge in [0.05, 0.1) is 19.1 Å². The molecule has 2 heteroatoms. The van der Waals surface area contributed by atoms with Gasteiger partial charge < -0.3 is 5.11 Å². The average molecular weight is 197 g/mol. The largest absolute Gasteiger partial charge is 0.392 e. The van der Waals surface area contributed by atoms with Crippen LogP contribution in [0.5, 0.6) is 0 Å². The van der Waals surface area contributed by atoms with Gasteiger partial charge in [-0.3, -0.25) is 0 Å². The van der Waals surface area contributed by atoms with E-state index in [0.717, 1.165) is 21.9 Å². The SMILES string of the molecule is N#CCc1cccc2cccc(CO)c12. The Bertz CT molecular complexity index is 520. The van der Waals surface area contributed by atoms with E-state index in [1.165, 1.54) is 0 Å². The van der Waals surface area contributed by atoms with E-state index in [4.69, 9.17) is 5.26 Å². The molecule has 0 heterocycles. The third-order valence-electron chi connectivity index (χ3n) is 2.52. The van der Waals surface area contributed by atoms with E-state index in [9.17, 15) is 5.11 Å². The predicted octanol–water partition coefficient (Wildman–Crippen LogP) is 2.40. The van der Waals surface area contributed by atoms with Gasteiger partial charge in [-0.2, -0.15) is 5.26 Å². The van der Waals surface area contributed by atoms with Crippen LogP contribution in [0.2, 0.25) is 0 Å². The van der Waals surface area contributed by atoms with Gasteiger partial charge in [0.2, 0.25) is 0 Å². The Kier molecular flexibility index (Phi) is 2.66. The molecule has 0 radical (unpaired) electrons. The second-order valence-electron chi connectivity index (χ2n) is 3.43. The molecule has 15 heavy (non-hydrogen) atoms. The Hall–Kier alpha value is -1.85. The first-order valence-corrected chi connectivity index (χ1v) is 4.84. The molecule has 0 saturated heterocycles. The molecule has 0 fully saturated rings. The van der Waals surface area contributed by atoms with Crippen molar-refractivity contribution in [2.75, 3.05) is 0 Å². The lowest BCUT2D eigenvalue weighted by Crippen LogP contribution is -1.91. The molecule has 74 valence electrons. The summed E-state index contributed by atoms with van der Waals surface area (Å²) < 4.78 is 0. The maximum Gasteiger partial charge on any atom is 0.0687 e. The summed E-state index contributed by atoms with van der Waals surface area (Å²) in [6, 6.07) is 13.8. The number of rotatable bonds is 2. The molecule has 1 N–H and O–H groups in total. The minimum absolute atomic E-state index is 0.0137. The molecular weight excluding hydrogens is 186 g/mol. The van der Waals surface area contributed by atoms with Gasteiger partial charge in [-0.1, -0.05) is 36.4 Å². The number of hydrogen-bond donors (Lipinski definition) is 1. The third kappa shape index (κ3) is 1.70. The van der Waals surface area contributed by atoms with Crippen molar-refractivity contribution in [3.05, 3.63) is 47.5 Å². The van der Waals surface area contributed by atoms with Crippen molar-refractivity contribution in [3.63, 3.8) is 0 Å². The maximum absolute atomic E-state index is 9.25. The normalized spacial score (nSPS) is 10.1. The first kappa shape index (κ1) is 9.70. The number of aliphatic hydroxyl groups is 1. The fraction of sp³-hybridized carbons (Fsp3) is 0.154. The van der Waals surface area contributed by atoms with Crippen LogP contribution in [0, 0.1) is 11.3 Å². The summed E-state index contributed by atoms with van der Waals surface area (Å²) in [4.78, 5) is 0. The Morgan fingerprint density at radius 2 is 1.73 bits per heavy atom. The Labute approximate surface area is 88.4 Å². The van der Waals surface area contributed by atoms with Crippen LogP contribution in [0.15, 0.2) is 36.4 Å². The third-order valence-corrected chi connectivity index (χ3v) is 2.52. The van der Waals surface area contributed by atoms with E-state index in [-0.39, 0.29) is 6.61 Å². The highest BCUT2D eigenvalue weighted by Gasteiger charge is 2.04. The van der Waals surface area contributed by atoms with Crippen molar-refractivity contribution in [2.45, 2.75) is 13.0 Å². The van der Waals surface area contributed by atoms with Gasteiger partial charge in [0, 0.05) is 0 Å². The second-order valence-corrected chi connectivity index (χ2v) is 3.43. The molecule has 2 nitrogen and oxygen atoms in total. The molecule has 0 bridgehead atoms. The van der Waals surface area contributed by atoms with Crippen LogP contribution >= 0.6 is 0 Å². The molecule has 2 aromatic rings. The molecular formula is C13H11NO. The van der Waals surface area contributed by atoms with E-state index in [0.29, 0.717) is 6.42 Å². The minimum Gasteiger partial charge on any atom is -0.392 e. The summed E-state index contributed by atoms with van der Waals surface area (Å²) >= 11 is 0. The van der Waals surface area contributed by atoms with E-state index < -0.39 is 0 Å². The fourth-order valence-corrected chi connectivity index (χ4v) is 1.87. The van der Waals surface area contributed by atoms with E-state index >= 15 is 0 Å². The lowest BCUT2D eigenvalue weighted by molar-refractivity contribution is 0.283. The van der Waals surface area contributed by atoms with Crippen molar-refractivity contribution in [1.29, 1.82) is 5.26 Å². The fourth-order valence-electron chi connectivity index (χ4n) is 1.87. The Morgan fingerprint density at radius 1 is 1.07 bits per heavy atom. The standard InChI is InChI=1S/C13H11NO/c14-8-7-11-5-1-3-10-4-2-6-12(9-15)13(10)11/h1-6,15H,7,9H2. The van der Waals surface area contributed by atoms with E-state index in [2.05, 4.69) is 6.07 Å². The number of nitrogens with zero attached hydrogens (tertiary/aromatic N) is 1. The summed E-state index contributed by atoms with van der Waals surface area (Å²) in [5.74, 6) is 0. The van der Waals surface area contributed by atoms with Gasteiger partial charge in [-0.05, 0) is 21.9 Å².